The van der Waals surface area contributed by atoms with E-state index in [1.807, 2.05) is 36.6 Å². The van der Waals surface area contributed by atoms with Crippen LogP contribution in [-0.2, 0) is 16.1 Å². The van der Waals surface area contributed by atoms with Gasteiger partial charge in [0.05, 0.1) is 10.5 Å². The molecule has 0 saturated carbocycles. The first-order valence-corrected chi connectivity index (χ1v) is 10.5. The van der Waals surface area contributed by atoms with Gasteiger partial charge in [0.1, 0.15) is 0 Å². The van der Waals surface area contributed by atoms with Crippen molar-refractivity contribution in [3.63, 3.8) is 0 Å². The van der Waals surface area contributed by atoms with Crippen LogP contribution in [0.3, 0.4) is 0 Å². The molecular formula is C25H22N2O7. The van der Waals surface area contributed by atoms with E-state index < -0.39 is 17.5 Å². The van der Waals surface area contributed by atoms with Gasteiger partial charge in [-0.15, -0.1) is 0 Å². The molecule has 1 aliphatic heterocycles. The third kappa shape index (κ3) is 4.83. The highest BCUT2D eigenvalue weighted by Gasteiger charge is 2.19. The van der Waals surface area contributed by atoms with Gasteiger partial charge in [0, 0.05) is 35.6 Å². The molecule has 0 bridgehead atoms. The molecule has 2 aromatic carbocycles. The van der Waals surface area contributed by atoms with E-state index in [0.717, 1.165) is 23.0 Å². The van der Waals surface area contributed by atoms with Crippen molar-refractivity contribution in [2.45, 2.75) is 20.4 Å². The molecule has 4 rings (SSSR count). The number of fused-ring (bicyclic) bond motifs is 1. The quantitative estimate of drug-likeness (QED) is 0.162. The fraction of sp³-hybridized carbons (Fsp3) is 0.200. The average molecular weight is 462 g/mol. The summed E-state index contributed by atoms with van der Waals surface area (Å²) in [5, 5.41) is 11.1. The minimum Gasteiger partial charge on any atom is -0.454 e. The van der Waals surface area contributed by atoms with Gasteiger partial charge in [-0.25, -0.2) is 4.79 Å². The third-order valence-corrected chi connectivity index (χ3v) is 5.53. The Morgan fingerprint density at radius 3 is 2.68 bits per heavy atom. The zero-order valence-electron chi connectivity index (χ0n) is 18.6. The molecule has 0 amide bonds. The SMILES string of the molecule is Cc1cc(C(=O)COC(=O)/C=C/c2ccccc2[N+](=O)[O-])c(C)n1Cc1ccc2c(c1)OCO2. The van der Waals surface area contributed by atoms with Gasteiger partial charge in [-0.2, -0.15) is 0 Å². The van der Waals surface area contributed by atoms with E-state index >= 15 is 0 Å². The van der Waals surface area contributed by atoms with Crippen LogP contribution in [0, 0.1) is 24.0 Å². The van der Waals surface area contributed by atoms with E-state index in [9.17, 15) is 19.7 Å². The Bertz CT molecular complexity index is 1310. The molecule has 0 saturated heterocycles. The molecule has 0 atom stereocenters. The van der Waals surface area contributed by atoms with E-state index in [2.05, 4.69) is 0 Å². The third-order valence-electron chi connectivity index (χ3n) is 5.53. The number of benzene rings is 2. The molecule has 1 aromatic heterocycles. The van der Waals surface area contributed by atoms with Crippen LogP contribution in [0.2, 0.25) is 0 Å². The smallest absolute Gasteiger partial charge is 0.331 e. The summed E-state index contributed by atoms with van der Waals surface area (Å²) in [6.07, 6.45) is 2.36. The molecule has 1 aliphatic rings. The maximum absolute atomic E-state index is 12.7. The topological polar surface area (TPSA) is 110 Å². The van der Waals surface area contributed by atoms with Crippen LogP contribution in [0.5, 0.6) is 11.5 Å². The maximum atomic E-state index is 12.7. The van der Waals surface area contributed by atoms with E-state index in [1.165, 1.54) is 24.3 Å². The second-order valence-corrected chi connectivity index (χ2v) is 7.74. The van der Waals surface area contributed by atoms with Crippen LogP contribution in [0.15, 0.2) is 54.6 Å². The maximum Gasteiger partial charge on any atom is 0.331 e. The number of rotatable bonds is 8. The molecule has 0 N–H and O–H groups in total. The Balaban J connectivity index is 1.40. The number of nitro groups is 1. The van der Waals surface area contributed by atoms with Crippen LogP contribution in [-0.4, -0.2) is 34.6 Å². The molecule has 0 aliphatic carbocycles. The summed E-state index contributed by atoms with van der Waals surface area (Å²) in [7, 11) is 0. The van der Waals surface area contributed by atoms with Gasteiger partial charge in [0.25, 0.3) is 5.69 Å². The summed E-state index contributed by atoms with van der Waals surface area (Å²) in [6.45, 7) is 4.05. The fourth-order valence-corrected chi connectivity index (χ4v) is 3.76. The highest BCUT2D eigenvalue weighted by Crippen LogP contribution is 2.33. The Morgan fingerprint density at radius 2 is 1.88 bits per heavy atom. The van der Waals surface area contributed by atoms with Crippen molar-refractivity contribution in [3.05, 3.63) is 92.8 Å². The summed E-state index contributed by atoms with van der Waals surface area (Å²) < 4.78 is 17.8. The normalized spacial score (nSPS) is 12.2. The number of aromatic nitrogens is 1. The van der Waals surface area contributed by atoms with Crippen molar-refractivity contribution in [3.8, 4) is 11.5 Å². The minimum atomic E-state index is -0.763. The highest BCUT2D eigenvalue weighted by atomic mass is 16.7. The molecule has 9 heteroatoms. The summed E-state index contributed by atoms with van der Waals surface area (Å²) in [5.74, 6) is 0.300. The number of Topliss-reactive ketones (excluding diaryl/α,β-unsaturated/α-hetero) is 1. The predicted octanol–water partition coefficient (Wildman–Crippen LogP) is 4.23. The lowest BCUT2D eigenvalue weighted by molar-refractivity contribution is -0.385. The second kappa shape index (κ2) is 9.62. The Hall–Kier alpha value is -4.40. The molecule has 2 heterocycles. The van der Waals surface area contributed by atoms with Crippen molar-refractivity contribution in [2.24, 2.45) is 0 Å². The van der Waals surface area contributed by atoms with Crippen molar-refractivity contribution in [1.29, 1.82) is 0 Å². The van der Waals surface area contributed by atoms with Crippen LogP contribution in [0.25, 0.3) is 6.08 Å². The number of ketones is 1. The van der Waals surface area contributed by atoms with Gasteiger partial charge in [-0.1, -0.05) is 18.2 Å². The first-order chi connectivity index (χ1) is 16.3. The molecule has 3 aromatic rings. The van der Waals surface area contributed by atoms with E-state index in [4.69, 9.17) is 14.2 Å². The molecule has 0 fully saturated rings. The molecule has 0 unspecified atom stereocenters. The van der Waals surface area contributed by atoms with Gasteiger partial charge < -0.3 is 18.8 Å². The summed E-state index contributed by atoms with van der Waals surface area (Å²) in [4.78, 5) is 35.3. The number of aryl methyl sites for hydroxylation is 1. The highest BCUT2D eigenvalue weighted by molar-refractivity contribution is 6.00. The number of nitro benzene ring substituents is 1. The van der Waals surface area contributed by atoms with Gasteiger partial charge >= 0.3 is 5.97 Å². The summed E-state index contributed by atoms with van der Waals surface area (Å²) >= 11 is 0. The number of esters is 1. The fourth-order valence-electron chi connectivity index (χ4n) is 3.76. The number of hydrogen-bond donors (Lipinski definition) is 0. The standard InChI is InChI=1S/C25H22N2O7/c1-16-11-20(17(2)26(16)13-18-7-9-23-24(12-18)34-15-33-23)22(28)14-32-25(29)10-8-19-5-3-4-6-21(19)27(30)31/h3-12H,13-15H2,1-2H3/b10-8+. The van der Waals surface area contributed by atoms with Gasteiger partial charge in [-0.05, 0) is 49.8 Å². The number of carbonyl (C=O) groups is 2. The van der Waals surface area contributed by atoms with Crippen molar-refractivity contribution in [1.82, 2.24) is 4.57 Å². The van der Waals surface area contributed by atoms with E-state index in [0.29, 0.717) is 23.6 Å². The van der Waals surface area contributed by atoms with Gasteiger partial charge in [0.2, 0.25) is 12.6 Å². The zero-order chi connectivity index (χ0) is 24.2. The molecule has 174 valence electrons. The molecular weight excluding hydrogens is 440 g/mol. The number of para-hydroxylation sites is 1. The Kier molecular flexibility index (Phi) is 6.44. The van der Waals surface area contributed by atoms with Crippen LogP contribution >= 0.6 is 0 Å². The second-order valence-electron chi connectivity index (χ2n) is 7.74. The average Bonchev–Trinajstić information content (AvgIpc) is 3.40. The number of carbonyl (C=O) groups excluding carboxylic acids is 2. The largest absolute Gasteiger partial charge is 0.454 e. The summed E-state index contributed by atoms with van der Waals surface area (Å²) in [5.41, 5.74) is 3.25. The summed E-state index contributed by atoms with van der Waals surface area (Å²) in [6, 6.07) is 13.5. The van der Waals surface area contributed by atoms with E-state index in [1.54, 1.807) is 12.1 Å². The lowest BCUT2D eigenvalue weighted by Gasteiger charge is -2.10. The number of hydrogen-bond acceptors (Lipinski definition) is 7. The minimum absolute atomic E-state index is 0.127. The van der Waals surface area contributed by atoms with Gasteiger partial charge in [-0.3, -0.25) is 14.9 Å². The van der Waals surface area contributed by atoms with Crippen LogP contribution < -0.4 is 9.47 Å². The van der Waals surface area contributed by atoms with Crippen LogP contribution in [0.4, 0.5) is 5.69 Å². The molecule has 0 spiro atoms. The first kappa shape index (κ1) is 22.8. The van der Waals surface area contributed by atoms with Crippen molar-refractivity contribution in [2.75, 3.05) is 13.4 Å². The monoisotopic (exact) mass is 462 g/mol. The van der Waals surface area contributed by atoms with Gasteiger partial charge in [0.15, 0.2) is 18.1 Å². The predicted molar refractivity (Wildman–Crippen MR) is 123 cm³/mol. The molecule has 0 radical (unpaired) electrons. The Morgan fingerprint density at radius 1 is 1.12 bits per heavy atom. The Labute approximate surface area is 195 Å². The first-order valence-electron chi connectivity index (χ1n) is 10.5. The molecule has 9 nitrogen and oxygen atoms in total. The lowest BCUT2D eigenvalue weighted by atomic mass is 10.1. The zero-order valence-corrected chi connectivity index (χ0v) is 18.6. The number of ether oxygens (including phenoxy) is 3. The van der Waals surface area contributed by atoms with Crippen molar-refractivity contribution >= 4 is 23.5 Å². The van der Waals surface area contributed by atoms with E-state index in [-0.39, 0.29) is 23.8 Å². The van der Waals surface area contributed by atoms with Crippen LogP contribution in [0.1, 0.15) is 32.9 Å². The lowest BCUT2D eigenvalue weighted by Crippen LogP contribution is -2.14. The molecule has 34 heavy (non-hydrogen) atoms. The van der Waals surface area contributed by atoms with Crippen molar-refractivity contribution < 1.29 is 28.7 Å². The number of nitrogens with zero attached hydrogens (tertiary/aromatic N) is 2.